The third-order valence-corrected chi connectivity index (χ3v) is 4.61. The minimum atomic E-state index is -0.482. The lowest BCUT2D eigenvalue weighted by atomic mass is 10.1. The van der Waals surface area contributed by atoms with Gasteiger partial charge in [0.05, 0.1) is 31.0 Å². The first-order valence-corrected chi connectivity index (χ1v) is 8.99. The van der Waals surface area contributed by atoms with Crippen molar-refractivity contribution < 1.29 is 13.9 Å². The SMILES string of the molecule is O=C(NCc1cc(=O)n2ccccc2n1)c1cc(F)ccc1N1CCOCC1. The fourth-order valence-corrected chi connectivity index (χ4v) is 3.23. The zero-order chi connectivity index (χ0) is 19.5. The van der Waals surface area contributed by atoms with Gasteiger partial charge in [-0.15, -0.1) is 0 Å². The molecule has 0 saturated carbocycles. The van der Waals surface area contributed by atoms with Gasteiger partial charge in [0.25, 0.3) is 11.5 Å². The van der Waals surface area contributed by atoms with Crippen LogP contribution in [0.1, 0.15) is 16.1 Å². The fourth-order valence-electron chi connectivity index (χ4n) is 3.23. The summed E-state index contributed by atoms with van der Waals surface area (Å²) < 4.78 is 20.6. The Labute approximate surface area is 160 Å². The quantitative estimate of drug-likeness (QED) is 0.742. The van der Waals surface area contributed by atoms with E-state index in [4.69, 9.17) is 4.74 Å². The van der Waals surface area contributed by atoms with E-state index in [1.54, 1.807) is 30.5 Å². The van der Waals surface area contributed by atoms with Crippen LogP contribution in [0.25, 0.3) is 5.65 Å². The van der Waals surface area contributed by atoms with Crippen LogP contribution >= 0.6 is 0 Å². The largest absolute Gasteiger partial charge is 0.378 e. The molecule has 0 aliphatic carbocycles. The molecule has 28 heavy (non-hydrogen) atoms. The van der Waals surface area contributed by atoms with Crippen molar-refractivity contribution in [1.29, 1.82) is 0 Å². The molecule has 2 aromatic heterocycles. The first-order valence-electron chi connectivity index (χ1n) is 8.99. The molecule has 1 N–H and O–H groups in total. The van der Waals surface area contributed by atoms with Gasteiger partial charge in [-0.05, 0) is 30.3 Å². The van der Waals surface area contributed by atoms with E-state index >= 15 is 0 Å². The number of fused-ring (bicyclic) bond motifs is 1. The Balaban J connectivity index is 1.56. The van der Waals surface area contributed by atoms with Gasteiger partial charge in [-0.25, -0.2) is 9.37 Å². The molecule has 1 fully saturated rings. The van der Waals surface area contributed by atoms with E-state index < -0.39 is 11.7 Å². The van der Waals surface area contributed by atoms with E-state index in [9.17, 15) is 14.0 Å². The van der Waals surface area contributed by atoms with Crippen molar-refractivity contribution in [2.45, 2.75) is 6.54 Å². The second kappa shape index (κ2) is 7.77. The molecule has 8 heteroatoms. The van der Waals surface area contributed by atoms with Crippen LogP contribution in [0, 0.1) is 5.82 Å². The minimum absolute atomic E-state index is 0.0680. The van der Waals surface area contributed by atoms with Crippen LogP contribution in [0.3, 0.4) is 0 Å². The van der Waals surface area contributed by atoms with Crippen molar-refractivity contribution in [2.75, 3.05) is 31.2 Å². The summed E-state index contributed by atoms with van der Waals surface area (Å²) in [4.78, 5) is 31.3. The Hall–Kier alpha value is -3.26. The monoisotopic (exact) mass is 382 g/mol. The van der Waals surface area contributed by atoms with Crippen molar-refractivity contribution in [3.8, 4) is 0 Å². The van der Waals surface area contributed by atoms with E-state index in [1.165, 1.54) is 22.6 Å². The standard InChI is InChI=1S/C20H19FN4O3/c21-14-4-5-17(24-7-9-28-10-8-24)16(11-14)20(27)22-13-15-12-19(26)25-6-2-1-3-18(25)23-15/h1-6,11-12H,7-10,13H2,(H,22,27). The number of benzene rings is 1. The molecular formula is C20H19FN4O3. The number of amides is 1. The highest BCUT2D eigenvalue weighted by molar-refractivity contribution is 5.99. The summed E-state index contributed by atoms with van der Waals surface area (Å²) in [6.45, 7) is 2.45. The number of nitrogens with zero attached hydrogens (tertiary/aromatic N) is 3. The third-order valence-electron chi connectivity index (χ3n) is 4.61. The van der Waals surface area contributed by atoms with Crippen LogP contribution in [0.15, 0.2) is 53.5 Å². The number of morpholine rings is 1. The molecule has 144 valence electrons. The molecular weight excluding hydrogens is 363 g/mol. The van der Waals surface area contributed by atoms with Crippen LogP contribution in [-0.4, -0.2) is 41.6 Å². The summed E-state index contributed by atoms with van der Waals surface area (Å²) >= 11 is 0. The number of rotatable bonds is 4. The Morgan fingerprint density at radius 3 is 2.82 bits per heavy atom. The van der Waals surface area contributed by atoms with Gasteiger partial charge >= 0.3 is 0 Å². The normalized spacial score (nSPS) is 14.2. The number of ether oxygens (including phenoxy) is 1. The van der Waals surface area contributed by atoms with E-state index in [1.807, 2.05) is 4.90 Å². The van der Waals surface area contributed by atoms with Gasteiger partial charge in [-0.1, -0.05) is 6.07 Å². The molecule has 3 aromatic rings. The van der Waals surface area contributed by atoms with Crippen molar-refractivity contribution in [1.82, 2.24) is 14.7 Å². The number of aromatic nitrogens is 2. The average Bonchev–Trinajstić information content (AvgIpc) is 2.72. The number of pyridine rings is 1. The molecule has 1 aromatic carbocycles. The highest BCUT2D eigenvalue weighted by atomic mass is 19.1. The maximum atomic E-state index is 13.8. The summed E-state index contributed by atoms with van der Waals surface area (Å²) in [6.07, 6.45) is 1.63. The summed E-state index contributed by atoms with van der Waals surface area (Å²) in [5.74, 6) is -0.903. The van der Waals surface area contributed by atoms with Gasteiger partial charge in [-0.2, -0.15) is 0 Å². The highest BCUT2D eigenvalue weighted by Crippen LogP contribution is 2.23. The number of carbonyl (C=O) groups is 1. The van der Waals surface area contributed by atoms with Gasteiger partial charge < -0.3 is 15.0 Å². The summed E-state index contributed by atoms with van der Waals surface area (Å²) in [7, 11) is 0. The van der Waals surface area contributed by atoms with Gasteiger partial charge in [0.1, 0.15) is 11.5 Å². The smallest absolute Gasteiger partial charge is 0.258 e. The molecule has 0 bridgehead atoms. The molecule has 4 rings (SSSR count). The van der Waals surface area contributed by atoms with Crippen molar-refractivity contribution in [3.63, 3.8) is 0 Å². The zero-order valence-electron chi connectivity index (χ0n) is 15.1. The van der Waals surface area contributed by atoms with Crippen LogP contribution in [-0.2, 0) is 11.3 Å². The van der Waals surface area contributed by atoms with Gasteiger partial charge in [0, 0.05) is 31.0 Å². The Bertz CT molecular complexity index is 1080. The number of hydrogen-bond acceptors (Lipinski definition) is 5. The molecule has 1 aliphatic heterocycles. The number of halogens is 1. The van der Waals surface area contributed by atoms with Gasteiger partial charge in [0.2, 0.25) is 0 Å². The van der Waals surface area contributed by atoms with E-state index in [2.05, 4.69) is 10.3 Å². The van der Waals surface area contributed by atoms with Crippen LogP contribution in [0.5, 0.6) is 0 Å². The van der Waals surface area contributed by atoms with Crippen LogP contribution in [0.2, 0.25) is 0 Å². The van der Waals surface area contributed by atoms with Crippen LogP contribution in [0.4, 0.5) is 10.1 Å². The van der Waals surface area contributed by atoms with Gasteiger partial charge in [0.15, 0.2) is 0 Å². The predicted molar refractivity (Wildman–Crippen MR) is 102 cm³/mol. The van der Waals surface area contributed by atoms with E-state index in [0.29, 0.717) is 43.3 Å². The zero-order valence-corrected chi connectivity index (χ0v) is 15.1. The van der Waals surface area contributed by atoms with E-state index in [-0.39, 0.29) is 17.7 Å². The number of nitrogens with one attached hydrogen (secondary N) is 1. The highest BCUT2D eigenvalue weighted by Gasteiger charge is 2.19. The number of carbonyl (C=O) groups excluding carboxylic acids is 1. The molecule has 1 amide bonds. The predicted octanol–water partition coefficient (Wildman–Crippen LogP) is 1.60. The second-order valence-electron chi connectivity index (χ2n) is 6.46. The Kier molecular flexibility index (Phi) is 5.03. The van der Waals surface area contributed by atoms with Crippen molar-refractivity contribution >= 4 is 17.2 Å². The lowest BCUT2D eigenvalue weighted by Gasteiger charge is -2.30. The van der Waals surface area contributed by atoms with Crippen molar-refractivity contribution in [3.05, 3.63) is 76.1 Å². The average molecular weight is 382 g/mol. The molecule has 1 saturated heterocycles. The first-order chi connectivity index (χ1) is 13.6. The topological polar surface area (TPSA) is 75.9 Å². The van der Waals surface area contributed by atoms with Gasteiger partial charge in [-0.3, -0.25) is 14.0 Å². The van der Waals surface area contributed by atoms with Crippen LogP contribution < -0.4 is 15.8 Å². The molecule has 0 unspecified atom stereocenters. The summed E-state index contributed by atoms with van der Waals surface area (Å²) in [5, 5.41) is 2.74. The molecule has 0 radical (unpaired) electrons. The first kappa shape index (κ1) is 18.1. The Morgan fingerprint density at radius 1 is 1.18 bits per heavy atom. The summed E-state index contributed by atoms with van der Waals surface area (Å²) in [6, 6.07) is 10.8. The molecule has 7 nitrogen and oxygen atoms in total. The molecule has 1 aliphatic rings. The lowest BCUT2D eigenvalue weighted by Crippen LogP contribution is -2.38. The summed E-state index contributed by atoms with van der Waals surface area (Å²) in [5.41, 5.74) is 1.62. The van der Waals surface area contributed by atoms with E-state index in [0.717, 1.165) is 0 Å². The number of anilines is 1. The second-order valence-corrected chi connectivity index (χ2v) is 6.46. The maximum absolute atomic E-state index is 13.8. The minimum Gasteiger partial charge on any atom is -0.378 e. The fraction of sp³-hybridized carbons (Fsp3) is 0.250. The molecule has 3 heterocycles. The molecule has 0 spiro atoms. The lowest BCUT2D eigenvalue weighted by molar-refractivity contribution is 0.0948. The van der Waals surface area contributed by atoms with Crippen molar-refractivity contribution in [2.24, 2.45) is 0 Å². The number of hydrogen-bond donors (Lipinski definition) is 1. The maximum Gasteiger partial charge on any atom is 0.258 e. The third kappa shape index (κ3) is 3.72. The molecule has 0 atom stereocenters. The Morgan fingerprint density at radius 2 is 2.00 bits per heavy atom.